The number of aromatic nitrogens is 2. The highest BCUT2D eigenvalue weighted by Gasteiger charge is 2.19. The maximum Gasteiger partial charge on any atom is 0.277 e. The molecule has 30 heavy (non-hydrogen) atoms. The fraction of sp³-hybridized carbons (Fsp3) is 0.136. The molecule has 0 aliphatic heterocycles. The van der Waals surface area contributed by atoms with Crippen molar-refractivity contribution in [3.63, 3.8) is 0 Å². The molecule has 4 aromatic rings. The summed E-state index contributed by atoms with van der Waals surface area (Å²) in [6.45, 7) is 0.502. The zero-order valence-electron chi connectivity index (χ0n) is 16.2. The second kappa shape index (κ2) is 9.60. The van der Waals surface area contributed by atoms with Crippen molar-refractivity contribution in [2.24, 2.45) is 0 Å². The molecule has 2 aromatic carbocycles. The van der Waals surface area contributed by atoms with Gasteiger partial charge in [-0.2, -0.15) is 0 Å². The monoisotopic (exact) mass is 437 g/mol. The number of carbonyl (C=O) groups is 1. The van der Waals surface area contributed by atoms with E-state index in [1.165, 1.54) is 11.8 Å². The molecule has 6 nitrogen and oxygen atoms in total. The van der Waals surface area contributed by atoms with Crippen molar-refractivity contribution in [3.05, 3.63) is 77.0 Å². The summed E-state index contributed by atoms with van der Waals surface area (Å²) in [6.07, 6.45) is 0. The zero-order chi connectivity index (χ0) is 20.8. The average Bonchev–Trinajstić information content (AvgIpc) is 3.49. The number of nitrogens with zero attached hydrogens (tertiary/aromatic N) is 3. The van der Waals surface area contributed by atoms with Crippen LogP contribution in [-0.4, -0.2) is 29.0 Å². The summed E-state index contributed by atoms with van der Waals surface area (Å²) in [5, 5.41) is 10.5. The molecule has 0 aliphatic rings. The van der Waals surface area contributed by atoms with Gasteiger partial charge < -0.3 is 14.1 Å². The third kappa shape index (κ3) is 4.90. The second-order valence-corrected chi connectivity index (χ2v) is 8.24. The third-order valence-electron chi connectivity index (χ3n) is 4.33. The molecular weight excluding hydrogens is 418 g/mol. The van der Waals surface area contributed by atoms with Gasteiger partial charge in [0.25, 0.3) is 5.22 Å². The molecule has 0 atom stereocenters. The Balaban J connectivity index is 1.47. The van der Waals surface area contributed by atoms with Crippen molar-refractivity contribution in [1.29, 1.82) is 0 Å². The Hall–Kier alpha value is -3.10. The first-order chi connectivity index (χ1) is 14.7. The van der Waals surface area contributed by atoms with Crippen molar-refractivity contribution in [3.8, 4) is 17.2 Å². The van der Waals surface area contributed by atoms with Gasteiger partial charge >= 0.3 is 0 Å². The van der Waals surface area contributed by atoms with E-state index in [1.54, 1.807) is 23.3 Å². The first kappa shape index (κ1) is 20.2. The number of ether oxygens (including phenoxy) is 1. The van der Waals surface area contributed by atoms with Crippen LogP contribution in [0.1, 0.15) is 4.88 Å². The first-order valence-corrected chi connectivity index (χ1v) is 11.1. The topological polar surface area (TPSA) is 68.5 Å². The minimum atomic E-state index is -0.0435. The van der Waals surface area contributed by atoms with Crippen LogP contribution in [0.3, 0.4) is 0 Å². The van der Waals surface area contributed by atoms with E-state index in [-0.39, 0.29) is 11.7 Å². The van der Waals surface area contributed by atoms with Crippen LogP contribution in [0.15, 0.2) is 81.8 Å². The molecule has 1 amide bonds. The molecule has 152 valence electrons. The fourth-order valence-electron chi connectivity index (χ4n) is 2.81. The third-order valence-corrected chi connectivity index (χ3v) is 5.99. The summed E-state index contributed by atoms with van der Waals surface area (Å²) in [6, 6.07) is 21.0. The number of hydrogen-bond acceptors (Lipinski definition) is 7. The molecule has 0 aliphatic carbocycles. The summed E-state index contributed by atoms with van der Waals surface area (Å²) < 4.78 is 10.9. The molecular formula is C22H19N3O3S2. The predicted octanol–water partition coefficient (Wildman–Crippen LogP) is 5.13. The van der Waals surface area contributed by atoms with E-state index in [1.807, 2.05) is 72.1 Å². The normalized spacial score (nSPS) is 10.7. The van der Waals surface area contributed by atoms with Gasteiger partial charge in [0, 0.05) is 16.1 Å². The maximum atomic E-state index is 13.1. The Morgan fingerprint density at radius 3 is 2.57 bits per heavy atom. The number of hydrogen-bond donors (Lipinski definition) is 0. The van der Waals surface area contributed by atoms with E-state index in [0.717, 1.165) is 21.9 Å². The minimum absolute atomic E-state index is 0.0435. The lowest BCUT2D eigenvalue weighted by molar-refractivity contribution is -0.116. The van der Waals surface area contributed by atoms with E-state index < -0.39 is 0 Å². The lowest BCUT2D eigenvalue weighted by Gasteiger charge is -2.22. The highest BCUT2D eigenvalue weighted by molar-refractivity contribution is 7.99. The molecule has 8 heteroatoms. The van der Waals surface area contributed by atoms with Crippen LogP contribution in [0.4, 0.5) is 5.69 Å². The Bertz CT molecular complexity index is 1080. The molecule has 0 saturated heterocycles. The van der Waals surface area contributed by atoms with Gasteiger partial charge in [-0.25, -0.2) is 0 Å². The van der Waals surface area contributed by atoms with Crippen LogP contribution in [0, 0.1) is 0 Å². The number of amides is 1. The number of anilines is 1. The molecule has 2 aromatic heterocycles. The van der Waals surface area contributed by atoms with E-state index >= 15 is 0 Å². The zero-order valence-corrected chi connectivity index (χ0v) is 17.9. The van der Waals surface area contributed by atoms with Crippen LogP contribution < -0.4 is 9.64 Å². The van der Waals surface area contributed by atoms with Gasteiger partial charge in [-0.05, 0) is 47.8 Å². The average molecular weight is 438 g/mol. The highest BCUT2D eigenvalue weighted by Crippen LogP contribution is 2.26. The van der Waals surface area contributed by atoms with Crippen LogP contribution in [-0.2, 0) is 11.3 Å². The number of methoxy groups -OCH3 is 1. The van der Waals surface area contributed by atoms with Gasteiger partial charge in [0.15, 0.2) is 0 Å². The summed E-state index contributed by atoms with van der Waals surface area (Å²) in [7, 11) is 1.62. The van der Waals surface area contributed by atoms with Crippen LogP contribution in [0.5, 0.6) is 5.75 Å². The lowest BCUT2D eigenvalue weighted by atomic mass is 10.2. The molecule has 0 N–H and O–H groups in total. The SMILES string of the molecule is COc1ccc(N(Cc2cccs2)C(=O)CSc2nnc(-c3ccccc3)o2)cc1. The highest BCUT2D eigenvalue weighted by atomic mass is 32.2. The number of thioether (sulfide) groups is 1. The maximum absolute atomic E-state index is 13.1. The first-order valence-electron chi connectivity index (χ1n) is 9.21. The van der Waals surface area contributed by atoms with E-state index in [4.69, 9.17) is 9.15 Å². The summed E-state index contributed by atoms with van der Waals surface area (Å²) in [4.78, 5) is 15.9. The van der Waals surface area contributed by atoms with Crippen LogP contribution >= 0.6 is 23.1 Å². The Morgan fingerprint density at radius 2 is 1.87 bits per heavy atom. The predicted molar refractivity (Wildman–Crippen MR) is 119 cm³/mol. The molecule has 0 radical (unpaired) electrons. The lowest BCUT2D eigenvalue weighted by Crippen LogP contribution is -2.31. The van der Waals surface area contributed by atoms with Gasteiger partial charge in [-0.1, -0.05) is 36.0 Å². The van der Waals surface area contributed by atoms with E-state index in [2.05, 4.69) is 10.2 Å². The largest absolute Gasteiger partial charge is 0.497 e. The minimum Gasteiger partial charge on any atom is -0.497 e. The van der Waals surface area contributed by atoms with Crippen molar-refractivity contribution < 1.29 is 13.9 Å². The Labute approximate surface area is 182 Å². The molecule has 0 bridgehead atoms. The van der Waals surface area contributed by atoms with Gasteiger partial charge in [0.05, 0.1) is 19.4 Å². The molecule has 4 rings (SSSR count). The van der Waals surface area contributed by atoms with Crippen LogP contribution in [0.25, 0.3) is 11.5 Å². The number of carbonyl (C=O) groups excluding carboxylic acids is 1. The Morgan fingerprint density at radius 1 is 1.07 bits per heavy atom. The summed E-state index contributed by atoms with van der Waals surface area (Å²) >= 11 is 2.85. The number of benzene rings is 2. The number of rotatable bonds is 8. The Kier molecular flexibility index (Phi) is 6.46. The van der Waals surface area contributed by atoms with Crippen molar-refractivity contribution in [2.45, 2.75) is 11.8 Å². The molecule has 0 fully saturated rings. The molecule has 0 saturated carbocycles. The van der Waals surface area contributed by atoms with Crippen molar-refractivity contribution in [2.75, 3.05) is 17.8 Å². The van der Waals surface area contributed by atoms with Crippen LogP contribution in [0.2, 0.25) is 0 Å². The van der Waals surface area contributed by atoms with Crippen molar-refractivity contribution in [1.82, 2.24) is 10.2 Å². The van der Waals surface area contributed by atoms with E-state index in [0.29, 0.717) is 17.7 Å². The molecule has 0 spiro atoms. The molecule has 2 heterocycles. The summed E-state index contributed by atoms with van der Waals surface area (Å²) in [5.41, 5.74) is 1.66. The fourth-order valence-corrected chi connectivity index (χ4v) is 4.14. The second-order valence-electron chi connectivity index (χ2n) is 6.29. The van der Waals surface area contributed by atoms with Gasteiger partial charge in [0.2, 0.25) is 11.8 Å². The van der Waals surface area contributed by atoms with Crippen molar-refractivity contribution >= 4 is 34.7 Å². The quantitative estimate of drug-likeness (QED) is 0.356. The standard InChI is InChI=1S/C22H19N3O3S2/c1-27-18-11-9-17(10-12-18)25(14-19-8-5-13-29-19)20(26)15-30-22-24-23-21(28-22)16-6-3-2-4-7-16/h2-13H,14-15H2,1H3. The summed E-state index contributed by atoms with van der Waals surface area (Å²) in [5.74, 6) is 1.33. The number of thiophene rings is 1. The smallest absolute Gasteiger partial charge is 0.277 e. The van der Waals surface area contributed by atoms with Gasteiger partial charge in [0.1, 0.15) is 5.75 Å². The van der Waals surface area contributed by atoms with Gasteiger partial charge in [-0.15, -0.1) is 21.5 Å². The van der Waals surface area contributed by atoms with Gasteiger partial charge in [-0.3, -0.25) is 4.79 Å². The van der Waals surface area contributed by atoms with E-state index in [9.17, 15) is 4.79 Å². The molecule has 0 unspecified atom stereocenters.